The molecule has 0 aliphatic carbocycles. The molecular weight excluding hydrogens is 242 g/mol. The molecule has 0 N–H and O–H groups in total. The Hall–Kier alpha value is -0.960. The Morgan fingerprint density at radius 1 is 1.22 bits per heavy atom. The first-order chi connectivity index (χ1) is 7.99. The maximum absolute atomic E-state index is 5.42. The molecule has 2 rings (SSSR count). The third kappa shape index (κ3) is 2.89. The number of rotatable bonds is 1. The van der Waals surface area contributed by atoms with Crippen LogP contribution >= 0.6 is 0 Å². The van der Waals surface area contributed by atoms with Crippen molar-refractivity contribution >= 4 is 15.9 Å². The first kappa shape index (κ1) is 15.1. The molecule has 0 amide bonds. The van der Waals surface area contributed by atoms with Crippen LogP contribution in [-0.4, -0.2) is 23.2 Å². The molecule has 1 aromatic carbocycles. The normalized spacial score (nSPS) is 22.8. The summed E-state index contributed by atoms with van der Waals surface area (Å²) in [6.45, 7) is 8.57. The molecule has 1 aliphatic rings. The molecule has 0 radical (unpaired) electrons. The lowest BCUT2D eigenvalue weighted by Crippen LogP contribution is -2.31. The van der Waals surface area contributed by atoms with E-state index in [1.54, 1.807) is 0 Å². The lowest BCUT2D eigenvalue weighted by molar-refractivity contribution is 0.0872. The fraction of sp³-hybridized carbons (Fsp3) is 0.533. The minimum atomic E-state index is 0. The zero-order chi connectivity index (χ0) is 12.6. The summed E-state index contributed by atoms with van der Waals surface area (Å²) in [6.07, 6.45) is 2.50. The van der Waals surface area contributed by atoms with E-state index in [0.717, 1.165) is 10.8 Å². The Kier molecular flexibility index (Phi) is 4.85. The fourth-order valence-electron chi connectivity index (χ4n) is 2.08. The van der Waals surface area contributed by atoms with Gasteiger partial charge in [0.05, 0.1) is 5.56 Å². The zero-order valence-electron chi connectivity index (χ0n) is 11.2. The van der Waals surface area contributed by atoms with E-state index in [1.165, 1.54) is 22.3 Å². The van der Waals surface area contributed by atoms with Crippen LogP contribution in [0.25, 0.3) is 0 Å². The second-order valence-electron chi connectivity index (χ2n) is 4.85. The van der Waals surface area contributed by atoms with Gasteiger partial charge in [-0.3, -0.25) is 0 Å². The summed E-state index contributed by atoms with van der Waals surface area (Å²) >= 11 is 0. The minimum Gasteiger partial charge on any atom is -0.384 e. The second-order valence-corrected chi connectivity index (χ2v) is 6.85. The summed E-state index contributed by atoms with van der Waals surface area (Å²) in [5.74, 6) is 1.07. The van der Waals surface area contributed by atoms with Gasteiger partial charge in [0.15, 0.2) is 11.9 Å². The highest BCUT2D eigenvalue weighted by molar-refractivity contribution is 8.11. The second kappa shape index (κ2) is 5.79. The molecule has 2 nitrogen and oxygen atoms in total. The molecule has 0 fully saturated rings. The predicted octanol–water partition coefficient (Wildman–Crippen LogP) is 3.58. The highest BCUT2D eigenvalue weighted by Gasteiger charge is 2.31. The Morgan fingerprint density at radius 3 is 2.28 bits per heavy atom. The summed E-state index contributed by atoms with van der Waals surface area (Å²) < 4.78 is 0. The smallest absolute Gasteiger partial charge is 0.287 e. The van der Waals surface area contributed by atoms with Gasteiger partial charge in [-0.2, -0.15) is 0 Å². The average molecular weight is 266 g/mol. The van der Waals surface area contributed by atoms with Gasteiger partial charge in [-0.15, -0.1) is 0 Å². The van der Waals surface area contributed by atoms with Crippen LogP contribution in [0, 0.1) is 20.8 Å². The van der Waals surface area contributed by atoms with E-state index < -0.39 is 0 Å². The number of aryl methyl sites for hydroxylation is 2. The van der Waals surface area contributed by atoms with Crippen molar-refractivity contribution in [1.82, 2.24) is 0 Å². The molecule has 0 aromatic heterocycles. The Balaban J connectivity index is 0.00000162. The van der Waals surface area contributed by atoms with Crippen molar-refractivity contribution in [3.05, 3.63) is 34.4 Å². The van der Waals surface area contributed by atoms with E-state index in [9.17, 15) is 0 Å². The van der Waals surface area contributed by atoms with E-state index in [1.807, 2.05) is 0 Å². The molecule has 0 saturated heterocycles. The van der Waals surface area contributed by atoms with Crippen molar-refractivity contribution in [2.75, 3.05) is 12.0 Å². The number of hydrogen-bond acceptors (Lipinski definition) is 2. The van der Waals surface area contributed by atoms with Crippen molar-refractivity contribution in [2.24, 2.45) is 5.16 Å². The minimum absolute atomic E-state index is 0. The SMILES string of the molecule is C.Cc1cc(C2=NOC(C)C[S+]2C)cc(C)c1C. The van der Waals surface area contributed by atoms with Crippen LogP contribution in [0.3, 0.4) is 0 Å². The Bertz CT molecular complexity index is 445. The van der Waals surface area contributed by atoms with Crippen LogP contribution in [0.5, 0.6) is 0 Å². The summed E-state index contributed by atoms with van der Waals surface area (Å²) in [4.78, 5) is 5.42. The first-order valence-corrected chi connectivity index (χ1v) is 7.74. The van der Waals surface area contributed by atoms with Crippen molar-refractivity contribution in [3.63, 3.8) is 0 Å². The van der Waals surface area contributed by atoms with Gasteiger partial charge in [0, 0.05) is 10.9 Å². The van der Waals surface area contributed by atoms with E-state index in [4.69, 9.17) is 4.84 Å². The Morgan fingerprint density at radius 2 is 1.78 bits per heavy atom. The summed E-state index contributed by atoms with van der Waals surface area (Å²) in [5, 5.41) is 5.42. The molecule has 1 aromatic rings. The first-order valence-electron chi connectivity index (χ1n) is 5.93. The van der Waals surface area contributed by atoms with Gasteiger partial charge in [0.25, 0.3) is 5.04 Å². The van der Waals surface area contributed by atoms with E-state index in [-0.39, 0.29) is 24.4 Å². The fourth-order valence-corrected chi connectivity index (χ4v) is 3.69. The van der Waals surface area contributed by atoms with Crippen LogP contribution in [0.2, 0.25) is 0 Å². The number of nitrogens with zero attached hydrogens (tertiary/aromatic N) is 1. The van der Waals surface area contributed by atoms with Crippen LogP contribution in [0.15, 0.2) is 17.3 Å². The topological polar surface area (TPSA) is 21.6 Å². The maximum Gasteiger partial charge on any atom is 0.287 e. The highest BCUT2D eigenvalue weighted by Crippen LogP contribution is 2.21. The molecule has 0 bridgehead atoms. The molecule has 2 atom stereocenters. The van der Waals surface area contributed by atoms with Crippen LogP contribution in [0.4, 0.5) is 0 Å². The molecule has 0 spiro atoms. The van der Waals surface area contributed by atoms with Gasteiger partial charge in [-0.1, -0.05) is 7.43 Å². The van der Waals surface area contributed by atoms with Crippen LogP contribution < -0.4 is 0 Å². The lowest BCUT2D eigenvalue weighted by atomic mass is 10.0. The van der Waals surface area contributed by atoms with Gasteiger partial charge < -0.3 is 4.84 Å². The predicted molar refractivity (Wildman–Crippen MR) is 82.6 cm³/mol. The van der Waals surface area contributed by atoms with Crippen molar-refractivity contribution < 1.29 is 4.84 Å². The van der Waals surface area contributed by atoms with Gasteiger partial charge in [-0.05, 0) is 61.7 Å². The standard InChI is InChI=1S/C14H20NOS.CH4/c1-9-6-13(7-10(2)12(9)4)14-15-16-11(3)8-17(14)5;/h6-7,11H,8H2,1-5H3;1H4/q+1;. The third-order valence-corrected chi connectivity index (χ3v) is 5.24. The summed E-state index contributed by atoms with van der Waals surface area (Å²) in [5.41, 5.74) is 5.26. The van der Waals surface area contributed by atoms with Crippen molar-refractivity contribution in [3.8, 4) is 0 Å². The molecule has 18 heavy (non-hydrogen) atoms. The van der Waals surface area contributed by atoms with Crippen LogP contribution in [-0.2, 0) is 15.7 Å². The zero-order valence-corrected chi connectivity index (χ0v) is 12.0. The Labute approximate surface area is 114 Å². The molecule has 1 aliphatic heterocycles. The highest BCUT2D eigenvalue weighted by atomic mass is 32.2. The molecular formula is C15H24NOS+. The lowest BCUT2D eigenvalue weighted by Gasteiger charge is -2.17. The van der Waals surface area contributed by atoms with Crippen molar-refractivity contribution in [2.45, 2.75) is 41.2 Å². The van der Waals surface area contributed by atoms with E-state index >= 15 is 0 Å². The quantitative estimate of drug-likeness (QED) is 0.712. The van der Waals surface area contributed by atoms with Gasteiger partial charge in [0.2, 0.25) is 0 Å². The maximum atomic E-state index is 5.42. The third-order valence-electron chi connectivity index (χ3n) is 3.30. The monoisotopic (exact) mass is 266 g/mol. The summed E-state index contributed by atoms with van der Waals surface area (Å²) in [7, 11) is 0.193. The molecule has 1 heterocycles. The number of hydrogen-bond donors (Lipinski definition) is 0. The average Bonchev–Trinajstić information content (AvgIpc) is 2.25. The van der Waals surface area contributed by atoms with Gasteiger partial charge in [0.1, 0.15) is 6.26 Å². The number of benzene rings is 1. The van der Waals surface area contributed by atoms with Gasteiger partial charge in [-0.25, -0.2) is 0 Å². The molecule has 100 valence electrons. The van der Waals surface area contributed by atoms with Gasteiger partial charge >= 0.3 is 0 Å². The summed E-state index contributed by atoms with van der Waals surface area (Å²) in [6, 6.07) is 4.45. The van der Waals surface area contributed by atoms with E-state index in [2.05, 4.69) is 51.2 Å². The largest absolute Gasteiger partial charge is 0.384 e. The van der Waals surface area contributed by atoms with Crippen LogP contribution in [0.1, 0.15) is 36.6 Å². The van der Waals surface area contributed by atoms with Crippen molar-refractivity contribution in [1.29, 1.82) is 0 Å². The molecule has 2 unspecified atom stereocenters. The molecule has 0 saturated carbocycles. The number of oxime groups is 1. The van der Waals surface area contributed by atoms with E-state index in [0.29, 0.717) is 0 Å². The molecule has 3 heteroatoms.